The van der Waals surface area contributed by atoms with Gasteiger partial charge in [0.15, 0.2) is 11.5 Å². The number of hydrogen-bond acceptors (Lipinski definition) is 5. The molecular formula is C10H10N4O4. The molecule has 0 saturated carbocycles. The molecule has 0 aromatic heterocycles. The van der Waals surface area contributed by atoms with Crippen LogP contribution >= 0.6 is 0 Å². The van der Waals surface area contributed by atoms with E-state index in [4.69, 9.17) is 15.0 Å². The first-order chi connectivity index (χ1) is 8.62. The monoisotopic (exact) mass is 250 g/mol. The Morgan fingerprint density at radius 3 is 2.50 bits per heavy atom. The largest absolute Gasteiger partial charge is 0.493 e. The maximum absolute atomic E-state index is 10.3. The molecule has 0 N–H and O–H groups in total. The molecule has 94 valence electrons. The Hall–Kier alpha value is -2.73. The van der Waals surface area contributed by atoms with E-state index in [-0.39, 0.29) is 5.69 Å². The molecule has 0 unspecified atom stereocenters. The van der Waals surface area contributed by atoms with Crippen molar-refractivity contribution in [3.8, 4) is 11.5 Å². The van der Waals surface area contributed by atoms with Crippen LogP contribution in [0.2, 0.25) is 0 Å². The highest BCUT2D eigenvalue weighted by atomic mass is 16.6. The number of nitro groups is 1. The van der Waals surface area contributed by atoms with Gasteiger partial charge in [-0.2, -0.15) is 0 Å². The fourth-order valence-electron chi connectivity index (χ4n) is 1.29. The van der Waals surface area contributed by atoms with Gasteiger partial charge >= 0.3 is 0 Å². The van der Waals surface area contributed by atoms with Crippen molar-refractivity contribution in [3.05, 3.63) is 44.5 Å². The lowest BCUT2D eigenvalue weighted by atomic mass is 10.1. The topological polar surface area (TPSA) is 110 Å². The van der Waals surface area contributed by atoms with Crippen molar-refractivity contribution in [2.45, 2.75) is 0 Å². The highest BCUT2D eigenvalue weighted by Crippen LogP contribution is 2.35. The molecule has 0 heterocycles. The molecule has 8 heteroatoms. The van der Waals surface area contributed by atoms with Crippen molar-refractivity contribution in [2.24, 2.45) is 5.11 Å². The third-order valence-corrected chi connectivity index (χ3v) is 2.06. The van der Waals surface area contributed by atoms with Crippen LogP contribution in [0.25, 0.3) is 16.5 Å². The van der Waals surface area contributed by atoms with Gasteiger partial charge in [0.1, 0.15) is 0 Å². The lowest BCUT2D eigenvalue weighted by molar-refractivity contribution is -0.400. The molecule has 0 amide bonds. The van der Waals surface area contributed by atoms with E-state index in [1.165, 1.54) is 32.4 Å². The van der Waals surface area contributed by atoms with Gasteiger partial charge in [0.05, 0.1) is 19.1 Å². The molecule has 0 fully saturated rings. The second-order valence-corrected chi connectivity index (χ2v) is 3.06. The smallest absolute Gasteiger partial charge is 0.235 e. The van der Waals surface area contributed by atoms with Crippen LogP contribution in [0.1, 0.15) is 5.56 Å². The van der Waals surface area contributed by atoms with Crippen LogP contribution in [-0.4, -0.2) is 19.1 Å². The Morgan fingerprint density at radius 1 is 1.39 bits per heavy atom. The Morgan fingerprint density at radius 2 is 2.00 bits per heavy atom. The lowest BCUT2D eigenvalue weighted by Crippen LogP contribution is -1.91. The minimum atomic E-state index is -0.615. The van der Waals surface area contributed by atoms with Crippen molar-refractivity contribution in [3.63, 3.8) is 0 Å². The minimum absolute atomic E-state index is 0.216. The summed E-state index contributed by atoms with van der Waals surface area (Å²) in [6.45, 7) is 0. The van der Waals surface area contributed by atoms with Gasteiger partial charge in [0.2, 0.25) is 6.20 Å². The molecule has 0 saturated heterocycles. The zero-order chi connectivity index (χ0) is 13.5. The van der Waals surface area contributed by atoms with Crippen LogP contribution in [0.5, 0.6) is 11.5 Å². The van der Waals surface area contributed by atoms with E-state index < -0.39 is 4.92 Å². The zero-order valence-corrected chi connectivity index (χ0v) is 9.73. The molecule has 0 bridgehead atoms. The van der Waals surface area contributed by atoms with Crippen molar-refractivity contribution in [2.75, 3.05) is 14.2 Å². The maximum atomic E-state index is 10.3. The Bertz CT molecular complexity index is 535. The average Bonchev–Trinajstić information content (AvgIpc) is 2.36. The molecule has 1 aromatic rings. The fraction of sp³-hybridized carbons (Fsp3) is 0.200. The predicted molar refractivity (Wildman–Crippen MR) is 64.4 cm³/mol. The normalized spacial score (nSPS) is 9.89. The number of azide groups is 1. The molecule has 8 nitrogen and oxygen atoms in total. The summed E-state index contributed by atoms with van der Waals surface area (Å²) in [6, 6.07) is 2.93. The second kappa shape index (κ2) is 6.12. The van der Waals surface area contributed by atoms with Crippen LogP contribution in [0, 0.1) is 10.1 Å². The van der Waals surface area contributed by atoms with Crippen LogP contribution in [0.4, 0.5) is 5.69 Å². The first kappa shape index (κ1) is 13.3. The summed E-state index contributed by atoms with van der Waals surface area (Å²) >= 11 is 0. The summed E-state index contributed by atoms with van der Waals surface area (Å²) in [5.74, 6) is 0.760. The zero-order valence-electron chi connectivity index (χ0n) is 9.73. The fourth-order valence-corrected chi connectivity index (χ4v) is 1.29. The SMILES string of the molecule is COc1cc(/C=C/[N+](=O)[O-])c(N=[N+]=[N-])cc1OC. The average molecular weight is 250 g/mol. The molecule has 0 aliphatic heterocycles. The van der Waals surface area contributed by atoms with Crippen molar-refractivity contribution in [1.29, 1.82) is 0 Å². The summed E-state index contributed by atoms with van der Waals surface area (Å²) in [6.07, 6.45) is 1.96. The quantitative estimate of drug-likeness (QED) is 0.263. The molecule has 18 heavy (non-hydrogen) atoms. The van der Waals surface area contributed by atoms with Crippen molar-refractivity contribution < 1.29 is 14.4 Å². The van der Waals surface area contributed by atoms with Gasteiger partial charge in [0.25, 0.3) is 0 Å². The Labute approximate surface area is 102 Å². The van der Waals surface area contributed by atoms with Gasteiger partial charge in [-0.05, 0) is 23.2 Å². The number of ether oxygens (including phenoxy) is 2. The third-order valence-electron chi connectivity index (χ3n) is 2.06. The van der Waals surface area contributed by atoms with E-state index in [9.17, 15) is 10.1 Å². The molecule has 0 atom stereocenters. The number of methoxy groups -OCH3 is 2. The summed E-state index contributed by atoms with van der Waals surface area (Å²) in [5, 5.41) is 13.7. The molecule has 0 aliphatic rings. The summed E-state index contributed by atoms with van der Waals surface area (Å²) < 4.78 is 10.1. The number of rotatable bonds is 5. The summed E-state index contributed by atoms with van der Waals surface area (Å²) in [7, 11) is 2.87. The van der Waals surface area contributed by atoms with Crippen LogP contribution in [-0.2, 0) is 0 Å². The Balaban J connectivity index is 3.37. The van der Waals surface area contributed by atoms with E-state index in [0.717, 1.165) is 6.20 Å². The molecule has 1 aromatic carbocycles. The van der Waals surface area contributed by atoms with E-state index in [1.807, 2.05) is 0 Å². The molecule has 0 radical (unpaired) electrons. The summed E-state index contributed by atoms with van der Waals surface area (Å²) in [5.41, 5.74) is 9.02. The molecule has 0 aliphatic carbocycles. The van der Waals surface area contributed by atoms with E-state index >= 15 is 0 Å². The first-order valence-electron chi connectivity index (χ1n) is 4.75. The highest BCUT2D eigenvalue weighted by Gasteiger charge is 2.09. The van der Waals surface area contributed by atoms with Gasteiger partial charge in [-0.15, -0.1) is 0 Å². The third kappa shape index (κ3) is 3.13. The standard InChI is InChI=1S/C10H10N4O4/c1-17-9-5-7(3-4-14(15)16)8(12-13-11)6-10(9)18-2/h3-6H,1-2H3/b4-3+. The number of nitrogens with zero attached hydrogens (tertiary/aromatic N) is 4. The Kier molecular flexibility index (Phi) is 4.53. The van der Waals surface area contributed by atoms with Gasteiger partial charge < -0.3 is 9.47 Å². The van der Waals surface area contributed by atoms with E-state index in [1.54, 1.807) is 0 Å². The predicted octanol–water partition coefficient (Wildman–Crippen LogP) is 2.89. The molecule has 1 rings (SSSR count). The number of benzene rings is 1. The van der Waals surface area contributed by atoms with Crippen LogP contribution < -0.4 is 9.47 Å². The minimum Gasteiger partial charge on any atom is -0.493 e. The van der Waals surface area contributed by atoms with Crippen LogP contribution in [0.3, 0.4) is 0 Å². The van der Waals surface area contributed by atoms with Gasteiger partial charge in [-0.3, -0.25) is 10.1 Å². The second-order valence-electron chi connectivity index (χ2n) is 3.06. The molecule has 0 spiro atoms. The first-order valence-corrected chi connectivity index (χ1v) is 4.75. The molecular weight excluding hydrogens is 240 g/mol. The highest BCUT2D eigenvalue weighted by molar-refractivity contribution is 5.68. The van der Waals surface area contributed by atoms with E-state index in [2.05, 4.69) is 10.0 Å². The van der Waals surface area contributed by atoms with Gasteiger partial charge in [0, 0.05) is 16.7 Å². The summed E-state index contributed by atoms with van der Waals surface area (Å²) in [4.78, 5) is 12.3. The van der Waals surface area contributed by atoms with Gasteiger partial charge in [-0.1, -0.05) is 5.11 Å². The van der Waals surface area contributed by atoms with Crippen molar-refractivity contribution in [1.82, 2.24) is 0 Å². The van der Waals surface area contributed by atoms with Crippen LogP contribution in [0.15, 0.2) is 23.4 Å². The maximum Gasteiger partial charge on any atom is 0.235 e. The van der Waals surface area contributed by atoms with Crippen molar-refractivity contribution >= 4 is 11.8 Å². The number of hydrogen-bond donors (Lipinski definition) is 0. The van der Waals surface area contributed by atoms with Gasteiger partial charge in [-0.25, -0.2) is 0 Å². The lowest BCUT2D eigenvalue weighted by Gasteiger charge is -2.09. The van der Waals surface area contributed by atoms with E-state index in [0.29, 0.717) is 17.1 Å².